The Morgan fingerprint density at radius 3 is 2.59 bits per heavy atom. The molecule has 158 valence electrons. The highest BCUT2D eigenvalue weighted by Gasteiger charge is 2.41. The fourth-order valence-electron chi connectivity index (χ4n) is 3.01. The van der Waals surface area contributed by atoms with E-state index in [2.05, 4.69) is 4.74 Å². The highest BCUT2D eigenvalue weighted by atomic mass is 19.1. The van der Waals surface area contributed by atoms with Gasteiger partial charge in [0.2, 0.25) is 0 Å². The number of amides is 1. The third kappa shape index (κ3) is 6.10. The maximum atomic E-state index is 14.7. The van der Waals surface area contributed by atoms with E-state index in [9.17, 15) is 23.2 Å². The van der Waals surface area contributed by atoms with Gasteiger partial charge < -0.3 is 9.47 Å². The van der Waals surface area contributed by atoms with Gasteiger partial charge in [0.25, 0.3) is 0 Å². The number of esters is 1. The molecular weight excluding hydrogens is 384 g/mol. The quantitative estimate of drug-likeness (QED) is 0.550. The minimum Gasteiger partial charge on any atom is -0.466 e. The summed E-state index contributed by atoms with van der Waals surface area (Å²) in [6, 6.07) is 3.40. The van der Waals surface area contributed by atoms with E-state index in [0.29, 0.717) is 0 Å². The van der Waals surface area contributed by atoms with Crippen LogP contribution in [-0.4, -0.2) is 54.2 Å². The molecule has 1 amide bonds. The zero-order valence-electron chi connectivity index (χ0n) is 16.9. The van der Waals surface area contributed by atoms with Crippen molar-refractivity contribution in [1.29, 1.82) is 0 Å². The SMILES string of the molecule is COC(=O)/C=C/c1cccc(CC(=O)[C@@H]2C[C@@H](F)CN2C(=O)OC(C)(C)C)c1F. The van der Waals surface area contributed by atoms with Crippen LogP contribution in [0.1, 0.15) is 38.3 Å². The van der Waals surface area contributed by atoms with Crippen LogP contribution in [-0.2, 0) is 25.5 Å². The number of Topliss-reactive ketones (excluding diaryl/α,β-unsaturated/α-hetero) is 1. The topological polar surface area (TPSA) is 72.9 Å². The summed E-state index contributed by atoms with van der Waals surface area (Å²) in [6.07, 6.45) is -0.278. The molecule has 0 spiro atoms. The van der Waals surface area contributed by atoms with Crippen molar-refractivity contribution in [3.63, 3.8) is 0 Å². The summed E-state index contributed by atoms with van der Waals surface area (Å²) in [5.41, 5.74) is -0.584. The van der Waals surface area contributed by atoms with Crippen molar-refractivity contribution in [2.45, 2.75) is 51.4 Å². The number of methoxy groups -OCH3 is 1. The molecule has 0 unspecified atom stereocenters. The molecule has 1 aromatic carbocycles. The van der Waals surface area contributed by atoms with Crippen molar-refractivity contribution in [3.8, 4) is 0 Å². The van der Waals surface area contributed by atoms with E-state index < -0.39 is 41.5 Å². The lowest BCUT2D eigenvalue weighted by molar-refractivity contribution is -0.134. The van der Waals surface area contributed by atoms with Gasteiger partial charge in [0.1, 0.15) is 17.6 Å². The molecule has 2 rings (SSSR count). The van der Waals surface area contributed by atoms with E-state index in [1.54, 1.807) is 26.8 Å². The second-order valence-corrected chi connectivity index (χ2v) is 7.80. The van der Waals surface area contributed by atoms with Gasteiger partial charge in [-0.3, -0.25) is 9.69 Å². The second-order valence-electron chi connectivity index (χ2n) is 7.80. The number of halogens is 2. The predicted molar refractivity (Wildman–Crippen MR) is 102 cm³/mol. The van der Waals surface area contributed by atoms with Crippen LogP contribution in [0.3, 0.4) is 0 Å². The molecule has 0 saturated carbocycles. The van der Waals surface area contributed by atoms with Gasteiger partial charge in [-0.1, -0.05) is 18.2 Å². The number of carbonyl (C=O) groups is 3. The van der Waals surface area contributed by atoms with E-state index in [0.717, 1.165) is 11.0 Å². The van der Waals surface area contributed by atoms with Gasteiger partial charge in [0, 0.05) is 24.5 Å². The summed E-state index contributed by atoms with van der Waals surface area (Å²) in [6.45, 7) is 4.78. The van der Waals surface area contributed by atoms with Crippen LogP contribution in [0.15, 0.2) is 24.3 Å². The maximum Gasteiger partial charge on any atom is 0.411 e. The number of carbonyl (C=O) groups excluding carboxylic acids is 3. The first-order valence-corrected chi connectivity index (χ1v) is 9.21. The minimum atomic E-state index is -1.35. The lowest BCUT2D eigenvalue weighted by atomic mass is 9.99. The summed E-state index contributed by atoms with van der Waals surface area (Å²) < 4.78 is 38.3. The van der Waals surface area contributed by atoms with Gasteiger partial charge in [0.15, 0.2) is 5.78 Å². The van der Waals surface area contributed by atoms with E-state index in [1.807, 2.05) is 0 Å². The van der Waals surface area contributed by atoms with Gasteiger partial charge in [-0.2, -0.15) is 0 Å². The minimum absolute atomic E-state index is 0.0912. The van der Waals surface area contributed by atoms with Crippen LogP contribution < -0.4 is 0 Å². The Kier molecular flexibility index (Phi) is 7.11. The molecule has 8 heteroatoms. The summed E-state index contributed by atoms with van der Waals surface area (Å²) in [4.78, 5) is 37.3. The fraction of sp³-hybridized carbons (Fsp3) is 0.476. The number of rotatable bonds is 5. The molecule has 2 atom stereocenters. The van der Waals surface area contributed by atoms with Crippen molar-refractivity contribution in [3.05, 3.63) is 41.2 Å². The Balaban J connectivity index is 2.17. The van der Waals surface area contributed by atoms with Gasteiger partial charge in [-0.15, -0.1) is 0 Å². The number of benzene rings is 1. The smallest absolute Gasteiger partial charge is 0.411 e. The standard InChI is InChI=1S/C21H25F2NO5/c1-21(2,3)29-20(27)24-12-15(22)11-16(24)17(25)10-14-7-5-6-13(19(14)23)8-9-18(26)28-4/h5-9,15-16H,10-12H2,1-4H3/b9-8+/t15-,16+/m1/s1. The number of hydrogen-bond acceptors (Lipinski definition) is 5. The molecule has 0 aliphatic carbocycles. The average Bonchev–Trinajstić information content (AvgIpc) is 3.03. The van der Waals surface area contributed by atoms with Crippen LogP contribution >= 0.6 is 0 Å². The Hall–Kier alpha value is -2.77. The van der Waals surface area contributed by atoms with E-state index in [4.69, 9.17) is 4.74 Å². The number of alkyl halides is 1. The molecule has 1 fully saturated rings. The van der Waals surface area contributed by atoms with Crippen LogP contribution in [0.2, 0.25) is 0 Å². The van der Waals surface area contributed by atoms with E-state index in [-0.39, 0.29) is 30.5 Å². The van der Waals surface area contributed by atoms with Crippen molar-refractivity contribution in [1.82, 2.24) is 4.90 Å². The first-order chi connectivity index (χ1) is 13.5. The number of nitrogens with zero attached hydrogens (tertiary/aromatic N) is 1. The highest BCUT2D eigenvalue weighted by molar-refractivity contribution is 5.90. The van der Waals surface area contributed by atoms with Crippen LogP contribution in [0, 0.1) is 5.82 Å². The van der Waals surface area contributed by atoms with Gasteiger partial charge in [-0.05, 0) is 32.4 Å². The summed E-state index contributed by atoms with van der Waals surface area (Å²) in [5, 5.41) is 0. The number of ketones is 1. The second kappa shape index (κ2) is 9.15. The average molecular weight is 409 g/mol. The number of likely N-dealkylation sites (tertiary alicyclic amines) is 1. The Morgan fingerprint density at radius 2 is 1.97 bits per heavy atom. The summed E-state index contributed by atoms with van der Waals surface area (Å²) in [5.74, 6) is -1.79. The summed E-state index contributed by atoms with van der Waals surface area (Å²) >= 11 is 0. The number of ether oxygens (including phenoxy) is 2. The van der Waals surface area contributed by atoms with Crippen LogP contribution in [0.25, 0.3) is 6.08 Å². The van der Waals surface area contributed by atoms with E-state index in [1.165, 1.54) is 25.3 Å². The molecule has 1 heterocycles. The van der Waals surface area contributed by atoms with Gasteiger partial charge in [0.05, 0.1) is 19.7 Å². The first-order valence-electron chi connectivity index (χ1n) is 9.21. The molecule has 0 aromatic heterocycles. The van der Waals surface area contributed by atoms with E-state index >= 15 is 0 Å². The van der Waals surface area contributed by atoms with Gasteiger partial charge >= 0.3 is 12.1 Å². The van der Waals surface area contributed by atoms with Crippen molar-refractivity contribution >= 4 is 23.9 Å². The Morgan fingerprint density at radius 1 is 1.28 bits per heavy atom. The Bertz CT molecular complexity index is 816. The maximum absolute atomic E-state index is 14.7. The van der Waals surface area contributed by atoms with Crippen molar-refractivity contribution in [2.75, 3.05) is 13.7 Å². The van der Waals surface area contributed by atoms with Crippen LogP contribution in [0.5, 0.6) is 0 Å². The third-order valence-electron chi connectivity index (χ3n) is 4.32. The van der Waals surface area contributed by atoms with Crippen molar-refractivity contribution in [2.24, 2.45) is 0 Å². The third-order valence-corrected chi connectivity index (χ3v) is 4.32. The Labute approximate surface area is 168 Å². The highest BCUT2D eigenvalue weighted by Crippen LogP contribution is 2.26. The zero-order chi connectivity index (χ0) is 21.8. The predicted octanol–water partition coefficient (Wildman–Crippen LogP) is 3.47. The van der Waals surface area contributed by atoms with Crippen LogP contribution in [0.4, 0.5) is 13.6 Å². The van der Waals surface area contributed by atoms with Crippen molar-refractivity contribution < 1.29 is 32.6 Å². The molecule has 1 aliphatic heterocycles. The molecule has 1 aliphatic rings. The molecule has 1 saturated heterocycles. The normalized spacial score (nSPS) is 19.4. The molecule has 0 bridgehead atoms. The summed E-state index contributed by atoms with van der Waals surface area (Å²) in [7, 11) is 1.20. The molecule has 29 heavy (non-hydrogen) atoms. The first kappa shape index (κ1) is 22.5. The molecular formula is C21H25F2NO5. The lowest BCUT2D eigenvalue weighted by Crippen LogP contribution is -2.44. The van der Waals surface area contributed by atoms with Gasteiger partial charge in [-0.25, -0.2) is 18.4 Å². The fourth-order valence-corrected chi connectivity index (χ4v) is 3.01. The molecule has 6 nitrogen and oxygen atoms in total. The lowest BCUT2D eigenvalue weighted by Gasteiger charge is -2.27. The number of hydrogen-bond donors (Lipinski definition) is 0. The zero-order valence-corrected chi connectivity index (χ0v) is 16.9. The largest absolute Gasteiger partial charge is 0.466 e. The molecule has 0 N–H and O–H groups in total. The molecule has 1 aromatic rings. The monoisotopic (exact) mass is 409 g/mol. The molecule has 0 radical (unpaired) electrons.